The lowest BCUT2D eigenvalue weighted by atomic mass is 10.1. The molecule has 2 heterocycles. The molecule has 0 radical (unpaired) electrons. The van der Waals surface area contributed by atoms with Gasteiger partial charge in [-0.15, -0.1) is 0 Å². The second kappa shape index (κ2) is 7.70. The Morgan fingerprint density at radius 2 is 1.96 bits per heavy atom. The number of carbonyl (C=O) groups is 1. The van der Waals surface area contributed by atoms with E-state index in [9.17, 15) is 4.79 Å². The Bertz CT molecular complexity index is 716. The Labute approximate surface area is 148 Å². The quantitative estimate of drug-likeness (QED) is 0.904. The number of aryl methyl sites for hydroxylation is 2. The van der Waals surface area contributed by atoms with Crippen molar-refractivity contribution in [2.24, 2.45) is 0 Å². The van der Waals surface area contributed by atoms with Crippen molar-refractivity contribution in [2.75, 3.05) is 20.1 Å². The third kappa shape index (κ3) is 4.39. The molecule has 6 heteroatoms. The van der Waals surface area contributed by atoms with Crippen molar-refractivity contribution in [2.45, 2.75) is 39.3 Å². The Hall–Kier alpha value is -2.34. The number of piperidine rings is 1. The number of ether oxygens (including phenoxy) is 1. The number of nitrogens with one attached hydrogen (secondary N) is 1. The molecule has 1 saturated heterocycles. The fourth-order valence-electron chi connectivity index (χ4n) is 2.94. The van der Waals surface area contributed by atoms with Gasteiger partial charge < -0.3 is 19.5 Å². The predicted octanol–water partition coefficient (Wildman–Crippen LogP) is 2.69. The summed E-state index contributed by atoms with van der Waals surface area (Å²) in [6.07, 6.45) is 1.91. The largest absolute Gasteiger partial charge is 0.489 e. The standard InChI is InChI=1S/C19H25N3O3/c1-13-4-6-16(7-5-13)24-12-17-14(2)25-21-18(17)19(23)20-15-8-10-22(3)11-9-15/h4-7,15H,8-12H2,1-3H3,(H,20,23). The number of benzene rings is 1. The fraction of sp³-hybridized carbons (Fsp3) is 0.474. The molecule has 1 N–H and O–H groups in total. The van der Waals surface area contributed by atoms with Crippen LogP contribution in [0.3, 0.4) is 0 Å². The van der Waals surface area contributed by atoms with E-state index in [1.165, 1.54) is 5.56 Å². The Morgan fingerprint density at radius 3 is 2.64 bits per heavy atom. The molecule has 0 saturated carbocycles. The number of likely N-dealkylation sites (tertiary alicyclic amines) is 1. The molecule has 0 bridgehead atoms. The summed E-state index contributed by atoms with van der Waals surface area (Å²) in [5.74, 6) is 1.18. The van der Waals surface area contributed by atoms with Crippen molar-refractivity contribution < 1.29 is 14.1 Å². The first-order chi connectivity index (χ1) is 12.0. The van der Waals surface area contributed by atoms with Gasteiger partial charge in [-0.25, -0.2) is 0 Å². The van der Waals surface area contributed by atoms with E-state index in [0.717, 1.165) is 31.7 Å². The Morgan fingerprint density at radius 1 is 1.28 bits per heavy atom. The molecular formula is C19H25N3O3. The molecule has 0 atom stereocenters. The number of carbonyl (C=O) groups excluding carboxylic acids is 1. The number of nitrogens with zero attached hydrogens (tertiary/aromatic N) is 2. The third-order valence-electron chi connectivity index (χ3n) is 4.66. The molecule has 6 nitrogen and oxygen atoms in total. The maximum absolute atomic E-state index is 12.6. The molecular weight excluding hydrogens is 318 g/mol. The van der Waals surface area contributed by atoms with Crippen molar-refractivity contribution in [3.8, 4) is 5.75 Å². The highest BCUT2D eigenvalue weighted by Crippen LogP contribution is 2.19. The van der Waals surface area contributed by atoms with Crippen LogP contribution in [-0.4, -0.2) is 42.1 Å². The topological polar surface area (TPSA) is 67.6 Å². The summed E-state index contributed by atoms with van der Waals surface area (Å²) < 4.78 is 11.0. The van der Waals surface area contributed by atoms with Gasteiger partial charge in [-0.05, 0) is 59.0 Å². The van der Waals surface area contributed by atoms with E-state index in [4.69, 9.17) is 9.26 Å². The molecule has 1 aromatic heterocycles. The first-order valence-corrected chi connectivity index (χ1v) is 8.67. The van der Waals surface area contributed by atoms with Gasteiger partial charge in [0, 0.05) is 6.04 Å². The lowest BCUT2D eigenvalue weighted by Gasteiger charge is -2.29. The molecule has 134 valence electrons. The first-order valence-electron chi connectivity index (χ1n) is 8.67. The second-order valence-corrected chi connectivity index (χ2v) is 6.72. The van der Waals surface area contributed by atoms with E-state index in [1.807, 2.05) is 31.2 Å². The van der Waals surface area contributed by atoms with E-state index >= 15 is 0 Å². The fourth-order valence-corrected chi connectivity index (χ4v) is 2.94. The summed E-state index contributed by atoms with van der Waals surface area (Å²) in [4.78, 5) is 14.8. The van der Waals surface area contributed by atoms with E-state index in [0.29, 0.717) is 17.0 Å². The molecule has 1 aromatic carbocycles. The summed E-state index contributed by atoms with van der Waals surface area (Å²) in [5, 5.41) is 7.02. The lowest BCUT2D eigenvalue weighted by Crippen LogP contribution is -2.43. The van der Waals surface area contributed by atoms with Crippen LogP contribution in [0, 0.1) is 13.8 Å². The van der Waals surface area contributed by atoms with Crippen LogP contribution in [-0.2, 0) is 6.61 Å². The minimum atomic E-state index is -0.186. The average Bonchev–Trinajstić information content (AvgIpc) is 2.97. The van der Waals surface area contributed by atoms with Crippen LogP contribution in [0.25, 0.3) is 0 Å². The summed E-state index contributed by atoms with van der Waals surface area (Å²) in [5.41, 5.74) is 2.20. The van der Waals surface area contributed by atoms with Crippen LogP contribution >= 0.6 is 0 Å². The maximum atomic E-state index is 12.6. The van der Waals surface area contributed by atoms with E-state index in [-0.39, 0.29) is 18.6 Å². The maximum Gasteiger partial charge on any atom is 0.274 e. The van der Waals surface area contributed by atoms with Gasteiger partial charge in [-0.1, -0.05) is 22.9 Å². The number of rotatable bonds is 5. The van der Waals surface area contributed by atoms with Crippen molar-refractivity contribution in [3.05, 3.63) is 46.8 Å². The van der Waals surface area contributed by atoms with Gasteiger partial charge in [-0.3, -0.25) is 4.79 Å². The third-order valence-corrected chi connectivity index (χ3v) is 4.66. The summed E-state index contributed by atoms with van der Waals surface area (Å²) in [6.45, 7) is 6.07. The van der Waals surface area contributed by atoms with Crippen LogP contribution in [0.2, 0.25) is 0 Å². The summed E-state index contributed by atoms with van der Waals surface area (Å²) in [7, 11) is 2.10. The van der Waals surface area contributed by atoms with Crippen molar-refractivity contribution >= 4 is 5.91 Å². The molecule has 0 spiro atoms. The average molecular weight is 343 g/mol. The Balaban J connectivity index is 1.64. The van der Waals surface area contributed by atoms with Crippen LogP contribution in [0.15, 0.2) is 28.8 Å². The minimum Gasteiger partial charge on any atom is -0.489 e. The second-order valence-electron chi connectivity index (χ2n) is 6.72. The van der Waals surface area contributed by atoms with Gasteiger partial charge in [0.15, 0.2) is 5.69 Å². The monoisotopic (exact) mass is 343 g/mol. The van der Waals surface area contributed by atoms with Crippen molar-refractivity contribution in [3.63, 3.8) is 0 Å². The highest BCUT2D eigenvalue weighted by molar-refractivity contribution is 5.94. The molecule has 0 unspecified atom stereocenters. The minimum absolute atomic E-state index is 0.186. The van der Waals surface area contributed by atoms with Crippen LogP contribution in [0.1, 0.15) is 40.2 Å². The first kappa shape index (κ1) is 17.5. The van der Waals surface area contributed by atoms with Gasteiger partial charge in [-0.2, -0.15) is 0 Å². The number of amides is 1. The van der Waals surface area contributed by atoms with Crippen molar-refractivity contribution in [1.29, 1.82) is 0 Å². The van der Waals surface area contributed by atoms with E-state index < -0.39 is 0 Å². The van der Waals surface area contributed by atoms with Crippen LogP contribution < -0.4 is 10.1 Å². The molecule has 25 heavy (non-hydrogen) atoms. The van der Waals surface area contributed by atoms with Gasteiger partial charge in [0.25, 0.3) is 5.91 Å². The molecule has 1 aliphatic heterocycles. The van der Waals surface area contributed by atoms with Crippen LogP contribution in [0.5, 0.6) is 5.75 Å². The zero-order valence-corrected chi connectivity index (χ0v) is 15.0. The van der Waals surface area contributed by atoms with Gasteiger partial charge in [0.1, 0.15) is 18.1 Å². The number of aromatic nitrogens is 1. The number of hydrogen-bond donors (Lipinski definition) is 1. The number of hydrogen-bond acceptors (Lipinski definition) is 5. The normalized spacial score (nSPS) is 16.0. The smallest absolute Gasteiger partial charge is 0.274 e. The SMILES string of the molecule is Cc1ccc(OCc2c(C(=O)NC3CCN(C)CC3)noc2C)cc1. The highest BCUT2D eigenvalue weighted by Gasteiger charge is 2.24. The van der Waals surface area contributed by atoms with Crippen molar-refractivity contribution in [1.82, 2.24) is 15.4 Å². The predicted molar refractivity (Wildman–Crippen MR) is 94.7 cm³/mol. The molecule has 0 aliphatic carbocycles. The highest BCUT2D eigenvalue weighted by atomic mass is 16.5. The summed E-state index contributed by atoms with van der Waals surface area (Å²) >= 11 is 0. The molecule has 1 aliphatic rings. The lowest BCUT2D eigenvalue weighted by molar-refractivity contribution is 0.0905. The molecule has 1 amide bonds. The molecule has 1 fully saturated rings. The zero-order chi connectivity index (χ0) is 17.8. The molecule has 2 aromatic rings. The zero-order valence-electron chi connectivity index (χ0n) is 15.0. The molecule has 3 rings (SSSR count). The van der Waals surface area contributed by atoms with E-state index in [2.05, 4.69) is 22.4 Å². The van der Waals surface area contributed by atoms with Gasteiger partial charge >= 0.3 is 0 Å². The Kier molecular flexibility index (Phi) is 5.38. The van der Waals surface area contributed by atoms with E-state index in [1.54, 1.807) is 6.92 Å². The van der Waals surface area contributed by atoms with Crippen LogP contribution in [0.4, 0.5) is 0 Å². The summed E-state index contributed by atoms with van der Waals surface area (Å²) in [6, 6.07) is 7.99. The van der Waals surface area contributed by atoms with Gasteiger partial charge in [0.2, 0.25) is 0 Å². The van der Waals surface area contributed by atoms with Gasteiger partial charge in [0.05, 0.1) is 5.56 Å².